The van der Waals surface area contributed by atoms with Crippen molar-refractivity contribution in [1.29, 1.82) is 0 Å². The van der Waals surface area contributed by atoms with Crippen molar-refractivity contribution in [2.75, 3.05) is 6.54 Å². The van der Waals surface area contributed by atoms with Crippen LogP contribution in [0.4, 0.5) is 0 Å². The van der Waals surface area contributed by atoms with Gasteiger partial charge in [-0.15, -0.1) is 0 Å². The highest BCUT2D eigenvalue weighted by Gasteiger charge is 2.56. The lowest BCUT2D eigenvalue weighted by Crippen LogP contribution is -2.68. The topological polar surface area (TPSA) is 174 Å². The largest absolute Gasteiger partial charge is 0.534 e. The molecule has 0 bridgehead atoms. The van der Waals surface area contributed by atoms with Gasteiger partial charge < -0.3 is 24.2 Å². The molecule has 14 heteroatoms. The first-order valence-corrected chi connectivity index (χ1v) is 22.3. The number of benzene rings is 3. The summed E-state index contributed by atoms with van der Waals surface area (Å²) >= 11 is 0. The molecule has 0 saturated heterocycles. The molecule has 2 atom stereocenters. The molecule has 3 aliphatic rings. The van der Waals surface area contributed by atoms with Gasteiger partial charge in [-0.2, -0.15) is 0 Å². The van der Waals surface area contributed by atoms with E-state index >= 15 is 0 Å². The van der Waals surface area contributed by atoms with E-state index in [0.717, 1.165) is 43.9 Å². The van der Waals surface area contributed by atoms with E-state index in [2.05, 4.69) is 50.4 Å². The number of fused-ring (bicyclic) bond motifs is 5. The summed E-state index contributed by atoms with van der Waals surface area (Å²) in [4.78, 5) is 84.8. The van der Waals surface area contributed by atoms with Crippen LogP contribution >= 0.6 is 0 Å². The Bertz CT molecular complexity index is 2690. The van der Waals surface area contributed by atoms with Gasteiger partial charge in [-0.3, -0.25) is 28.9 Å². The van der Waals surface area contributed by atoms with Gasteiger partial charge in [0.05, 0.1) is 29.0 Å². The number of ether oxygens (including phenoxy) is 1. The number of esters is 1. The maximum absolute atomic E-state index is 14.5. The van der Waals surface area contributed by atoms with Crippen LogP contribution in [-0.4, -0.2) is 70.1 Å². The van der Waals surface area contributed by atoms with Crippen molar-refractivity contribution in [3.8, 4) is 17.1 Å². The van der Waals surface area contributed by atoms with Crippen LogP contribution in [0.25, 0.3) is 22.3 Å². The number of carbonyl (C=O) groups excluding carboxylic acids is 4. The molecular formula is C47H46N4O9Si. The summed E-state index contributed by atoms with van der Waals surface area (Å²) < 4.78 is 14.5. The summed E-state index contributed by atoms with van der Waals surface area (Å²) in [5.41, 5.74) is 1.25. The minimum absolute atomic E-state index is 0.112. The van der Waals surface area contributed by atoms with Gasteiger partial charge in [0.1, 0.15) is 23.8 Å². The number of nitrogens with one attached hydrogen (secondary N) is 1. The number of carbonyl (C=O) groups is 5. The number of imide groups is 1. The number of hydrogen-bond donors (Lipinski definition) is 2. The SMILES string of the molecule is CCc1c2c(nc3ccc(O[Si](c4ccccc4)(c4ccccc4)C(C)(C)C)cc13)-c1cc3c(c(=O)n1C2)COC(=O)C3(CC)[C@H](NC(=O)CCN1C(=O)C=CC1=O)C(=O)O. The van der Waals surface area contributed by atoms with Crippen molar-refractivity contribution in [3.05, 3.63) is 130 Å². The Morgan fingerprint density at radius 2 is 1.56 bits per heavy atom. The van der Waals surface area contributed by atoms with Crippen molar-refractivity contribution in [2.24, 2.45) is 0 Å². The molecule has 312 valence electrons. The highest BCUT2D eigenvalue weighted by molar-refractivity contribution is 7.00. The average molecular weight is 839 g/mol. The fourth-order valence-corrected chi connectivity index (χ4v) is 13.9. The Balaban J connectivity index is 1.21. The van der Waals surface area contributed by atoms with E-state index in [1.807, 2.05) is 61.5 Å². The number of hydrogen-bond acceptors (Lipinski definition) is 9. The normalized spacial score (nSPS) is 17.5. The van der Waals surface area contributed by atoms with E-state index in [9.17, 15) is 33.9 Å². The quantitative estimate of drug-likeness (QED) is 0.101. The molecule has 3 amide bonds. The van der Waals surface area contributed by atoms with Crippen molar-refractivity contribution >= 4 is 59.3 Å². The number of nitrogens with zero attached hydrogens (tertiary/aromatic N) is 3. The van der Waals surface area contributed by atoms with E-state index in [4.69, 9.17) is 14.1 Å². The predicted octanol–water partition coefficient (Wildman–Crippen LogP) is 4.52. The molecule has 0 radical (unpaired) electrons. The predicted molar refractivity (Wildman–Crippen MR) is 230 cm³/mol. The van der Waals surface area contributed by atoms with Crippen LogP contribution in [0.3, 0.4) is 0 Å². The molecule has 2 N–H and O–H groups in total. The van der Waals surface area contributed by atoms with Crippen LogP contribution in [0, 0.1) is 0 Å². The molecule has 2 aromatic heterocycles. The lowest BCUT2D eigenvalue weighted by atomic mass is 9.69. The lowest BCUT2D eigenvalue weighted by molar-refractivity contribution is -0.162. The third-order valence-corrected chi connectivity index (χ3v) is 17.4. The number of cyclic esters (lactones) is 1. The summed E-state index contributed by atoms with van der Waals surface area (Å²) in [7, 11) is -2.97. The van der Waals surface area contributed by atoms with Gasteiger partial charge in [0.25, 0.3) is 17.4 Å². The van der Waals surface area contributed by atoms with Crippen molar-refractivity contribution in [3.63, 3.8) is 0 Å². The number of amides is 3. The molecule has 5 heterocycles. The van der Waals surface area contributed by atoms with Crippen LogP contribution < -0.4 is 25.7 Å². The van der Waals surface area contributed by atoms with E-state index < -0.39 is 61.4 Å². The summed E-state index contributed by atoms with van der Waals surface area (Å²) in [6.45, 7) is 9.83. The van der Waals surface area contributed by atoms with Crippen LogP contribution in [0.2, 0.25) is 5.04 Å². The first-order chi connectivity index (χ1) is 29.2. The van der Waals surface area contributed by atoms with Gasteiger partial charge in [0, 0.05) is 36.1 Å². The molecule has 0 fully saturated rings. The Morgan fingerprint density at radius 1 is 0.918 bits per heavy atom. The fraction of sp³-hybridized carbons (Fsp3) is 0.298. The molecule has 3 aromatic carbocycles. The van der Waals surface area contributed by atoms with Crippen LogP contribution in [0.5, 0.6) is 5.75 Å². The summed E-state index contributed by atoms with van der Waals surface area (Å²) in [5, 5.41) is 15.9. The number of aryl methyl sites for hydroxylation is 1. The van der Waals surface area contributed by atoms with E-state index in [0.29, 0.717) is 29.1 Å². The van der Waals surface area contributed by atoms with Crippen molar-refractivity contribution in [1.82, 2.24) is 19.8 Å². The lowest BCUT2D eigenvalue weighted by Gasteiger charge is -2.43. The summed E-state index contributed by atoms with van der Waals surface area (Å²) in [6.07, 6.45) is 2.22. The summed E-state index contributed by atoms with van der Waals surface area (Å²) in [5.74, 6) is -3.72. The van der Waals surface area contributed by atoms with Crippen LogP contribution in [-0.2, 0) is 53.7 Å². The number of rotatable bonds is 12. The number of carboxylic acids is 1. The standard InChI is InChI=1S/C47H46N4O9Si/c1-6-31-32-24-28(60-61(46(3,4)5,29-14-10-8-11-15-29)30-16-12-9-13-17-30)18-19-36(32)48-41-33(31)26-51-37(41)25-35-34(43(51)55)27-59-45(58)47(35,7-2)42(44(56)57)49-38(52)22-23-50-39(53)20-21-40(50)54/h8-21,24-25,42H,6-7,22-23,26-27H2,1-5H3,(H,49,52)(H,56,57)/t42-,47?/m1/s1. The molecular weight excluding hydrogens is 793 g/mol. The minimum atomic E-state index is -2.97. The maximum atomic E-state index is 14.5. The molecule has 61 heavy (non-hydrogen) atoms. The first-order valence-electron chi connectivity index (χ1n) is 20.4. The number of pyridine rings is 2. The molecule has 3 aliphatic heterocycles. The van der Waals surface area contributed by atoms with Gasteiger partial charge in [0.15, 0.2) is 0 Å². The third-order valence-electron chi connectivity index (χ3n) is 12.4. The number of aliphatic carboxylic acids is 1. The molecule has 0 spiro atoms. The van der Waals surface area contributed by atoms with Gasteiger partial charge in [-0.1, -0.05) is 95.3 Å². The molecule has 0 aliphatic carbocycles. The second-order valence-corrected chi connectivity index (χ2v) is 20.9. The smallest absolute Gasteiger partial charge is 0.327 e. The second-order valence-electron chi connectivity index (χ2n) is 16.7. The summed E-state index contributed by atoms with van der Waals surface area (Å²) in [6, 6.07) is 26.5. The Kier molecular flexibility index (Phi) is 10.4. The molecule has 8 rings (SSSR count). The molecule has 0 saturated carbocycles. The Labute approximate surface area is 353 Å². The average Bonchev–Trinajstić information content (AvgIpc) is 3.78. The Hall–Kier alpha value is -6.67. The van der Waals surface area contributed by atoms with E-state index in [1.54, 1.807) is 17.6 Å². The van der Waals surface area contributed by atoms with Crippen LogP contribution in [0.15, 0.2) is 102 Å². The van der Waals surface area contributed by atoms with Crippen LogP contribution in [0.1, 0.15) is 69.7 Å². The molecule has 1 unspecified atom stereocenters. The van der Waals surface area contributed by atoms with Crippen molar-refractivity contribution < 1.29 is 38.2 Å². The van der Waals surface area contributed by atoms with Gasteiger partial charge in [-0.05, 0) is 63.6 Å². The second kappa shape index (κ2) is 15.4. The zero-order valence-corrected chi connectivity index (χ0v) is 35.6. The van der Waals surface area contributed by atoms with Crippen molar-refractivity contribution in [2.45, 2.75) is 83.5 Å². The highest BCUT2D eigenvalue weighted by Crippen LogP contribution is 2.44. The Morgan fingerprint density at radius 3 is 2.13 bits per heavy atom. The monoisotopic (exact) mass is 838 g/mol. The minimum Gasteiger partial charge on any atom is -0.534 e. The zero-order chi connectivity index (χ0) is 43.4. The zero-order valence-electron chi connectivity index (χ0n) is 34.6. The number of carboxylic acid groups (broad SMARTS) is 1. The third kappa shape index (κ3) is 6.56. The van der Waals surface area contributed by atoms with Gasteiger partial charge in [0.2, 0.25) is 5.91 Å². The van der Waals surface area contributed by atoms with Gasteiger partial charge >= 0.3 is 20.3 Å². The highest BCUT2D eigenvalue weighted by atomic mass is 28.4. The molecule has 5 aromatic rings. The molecule has 13 nitrogen and oxygen atoms in total. The first kappa shape index (κ1) is 41.1. The fourth-order valence-electron chi connectivity index (χ4n) is 9.44. The maximum Gasteiger partial charge on any atom is 0.327 e. The van der Waals surface area contributed by atoms with Gasteiger partial charge in [-0.25, -0.2) is 9.78 Å². The number of aromatic nitrogens is 2. The van der Waals surface area contributed by atoms with E-state index in [-0.39, 0.29) is 42.3 Å². The van der Waals surface area contributed by atoms with E-state index in [1.165, 1.54) is 0 Å².